The van der Waals surface area contributed by atoms with E-state index >= 15 is 0 Å². The summed E-state index contributed by atoms with van der Waals surface area (Å²) in [5.41, 5.74) is 1.99. The molecule has 1 aromatic carbocycles. The second-order valence-corrected chi connectivity index (χ2v) is 7.63. The number of aryl methyl sites for hydroxylation is 1. The Morgan fingerprint density at radius 3 is 2.90 bits per heavy atom. The fourth-order valence-electron chi connectivity index (χ4n) is 2.38. The van der Waals surface area contributed by atoms with Crippen LogP contribution in [0.1, 0.15) is 17.2 Å². The zero-order chi connectivity index (χ0) is 15.5. The Balaban J connectivity index is 2.20. The van der Waals surface area contributed by atoms with Crippen molar-refractivity contribution in [2.45, 2.75) is 13.0 Å². The van der Waals surface area contributed by atoms with Crippen molar-refractivity contribution < 1.29 is 13.2 Å². The Labute approximate surface area is 131 Å². The number of nitrogens with one attached hydrogen (secondary N) is 2. The highest BCUT2D eigenvalue weighted by Gasteiger charge is 2.27. The van der Waals surface area contributed by atoms with E-state index in [-0.39, 0.29) is 12.0 Å². The lowest BCUT2D eigenvalue weighted by Crippen LogP contribution is -2.36. The number of halogens is 1. The molecule has 0 amide bonds. The van der Waals surface area contributed by atoms with Crippen LogP contribution in [0.15, 0.2) is 18.2 Å². The van der Waals surface area contributed by atoms with Gasteiger partial charge in [-0.3, -0.25) is 0 Å². The molecule has 0 aromatic heterocycles. The van der Waals surface area contributed by atoms with E-state index in [0.717, 1.165) is 23.9 Å². The van der Waals surface area contributed by atoms with Crippen molar-refractivity contribution in [3.8, 4) is 0 Å². The fourth-order valence-corrected chi connectivity index (χ4v) is 3.09. The molecule has 1 heterocycles. The molecule has 1 saturated heterocycles. The topological polar surface area (TPSA) is 67.4 Å². The predicted molar refractivity (Wildman–Crippen MR) is 84.1 cm³/mol. The van der Waals surface area contributed by atoms with Crippen molar-refractivity contribution in [1.29, 1.82) is 0 Å². The lowest BCUT2D eigenvalue weighted by molar-refractivity contribution is 0.0322. The van der Waals surface area contributed by atoms with Gasteiger partial charge in [-0.15, -0.1) is 0 Å². The highest BCUT2D eigenvalue weighted by atomic mass is 35.5. The predicted octanol–water partition coefficient (Wildman–Crippen LogP) is 1.47. The first-order valence-corrected chi connectivity index (χ1v) is 9.17. The van der Waals surface area contributed by atoms with Crippen molar-refractivity contribution in [1.82, 2.24) is 10.0 Å². The van der Waals surface area contributed by atoms with Gasteiger partial charge in [0.15, 0.2) is 0 Å². The van der Waals surface area contributed by atoms with Gasteiger partial charge < -0.3 is 10.1 Å². The SMILES string of the molecule is Cc1ccc([C@H]2OCCNC[C@@H]2CNS(C)(=O)=O)cc1Cl. The summed E-state index contributed by atoms with van der Waals surface area (Å²) in [6, 6.07) is 5.85. The highest BCUT2D eigenvalue weighted by Crippen LogP contribution is 2.30. The molecule has 1 aliphatic heterocycles. The maximum Gasteiger partial charge on any atom is 0.208 e. The van der Waals surface area contributed by atoms with E-state index in [2.05, 4.69) is 10.0 Å². The van der Waals surface area contributed by atoms with Crippen LogP contribution in [-0.4, -0.2) is 40.9 Å². The van der Waals surface area contributed by atoms with E-state index < -0.39 is 10.0 Å². The zero-order valence-corrected chi connectivity index (χ0v) is 13.8. The van der Waals surface area contributed by atoms with Gasteiger partial charge in [0, 0.05) is 30.6 Å². The summed E-state index contributed by atoms with van der Waals surface area (Å²) in [5.74, 6) is 0.0148. The Hall–Kier alpha value is -0.660. The van der Waals surface area contributed by atoms with Crippen molar-refractivity contribution in [2.75, 3.05) is 32.5 Å². The molecule has 1 fully saturated rings. The number of benzene rings is 1. The molecule has 0 radical (unpaired) electrons. The smallest absolute Gasteiger partial charge is 0.208 e. The molecule has 118 valence electrons. The second-order valence-electron chi connectivity index (χ2n) is 5.38. The van der Waals surface area contributed by atoms with Crippen molar-refractivity contribution in [3.05, 3.63) is 34.3 Å². The van der Waals surface area contributed by atoms with E-state index in [1.54, 1.807) is 0 Å². The lowest BCUT2D eigenvalue weighted by atomic mass is 9.95. The molecule has 2 atom stereocenters. The van der Waals surface area contributed by atoms with Crippen molar-refractivity contribution in [3.63, 3.8) is 0 Å². The molecule has 2 rings (SSSR count). The third kappa shape index (κ3) is 4.93. The summed E-state index contributed by atoms with van der Waals surface area (Å²) < 4.78 is 31.1. The Morgan fingerprint density at radius 1 is 1.48 bits per heavy atom. The average molecular weight is 333 g/mol. The number of ether oxygens (including phenoxy) is 1. The Kier molecular flexibility index (Phi) is 5.62. The third-order valence-corrected chi connectivity index (χ3v) is 4.64. The van der Waals surface area contributed by atoms with Crippen LogP contribution in [-0.2, 0) is 14.8 Å². The van der Waals surface area contributed by atoms with Crippen molar-refractivity contribution in [2.24, 2.45) is 5.92 Å². The molecule has 0 aliphatic carbocycles. The molecule has 21 heavy (non-hydrogen) atoms. The van der Waals surface area contributed by atoms with Gasteiger partial charge in [0.25, 0.3) is 0 Å². The molecule has 7 heteroatoms. The first-order chi connectivity index (χ1) is 9.87. The maximum atomic E-state index is 11.3. The Morgan fingerprint density at radius 2 is 2.24 bits per heavy atom. The number of sulfonamides is 1. The summed E-state index contributed by atoms with van der Waals surface area (Å²) in [6.07, 6.45) is 0.989. The summed E-state index contributed by atoms with van der Waals surface area (Å²) in [5, 5.41) is 3.96. The molecule has 1 aromatic rings. The minimum Gasteiger partial charge on any atom is -0.372 e. The number of hydrogen-bond donors (Lipinski definition) is 2. The minimum absolute atomic E-state index is 0.0148. The standard InChI is InChI=1S/C14H21ClN2O3S/c1-10-3-4-11(7-13(10)15)14-12(8-16-5-6-20-14)9-17-21(2,18)19/h3-4,7,12,14,16-17H,5-6,8-9H2,1-2H3/t12-,14-/m1/s1. The van der Waals surface area contributed by atoms with Crippen LogP contribution in [0.4, 0.5) is 0 Å². The molecule has 1 aliphatic rings. The quantitative estimate of drug-likeness (QED) is 0.876. The fraction of sp³-hybridized carbons (Fsp3) is 0.571. The van der Waals surface area contributed by atoms with Gasteiger partial charge in [-0.25, -0.2) is 13.1 Å². The highest BCUT2D eigenvalue weighted by molar-refractivity contribution is 7.88. The van der Waals surface area contributed by atoms with Crippen LogP contribution in [0.2, 0.25) is 5.02 Å². The van der Waals surface area contributed by atoms with Gasteiger partial charge in [-0.05, 0) is 24.1 Å². The van der Waals surface area contributed by atoms with Gasteiger partial charge in [-0.2, -0.15) is 0 Å². The Bertz CT molecular complexity index is 592. The van der Waals surface area contributed by atoms with Crippen LogP contribution in [0.3, 0.4) is 0 Å². The number of rotatable bonds is 4. The van der Waals surface area contributed by atoms with Gasteiger partial charge in [-0.1, -0.05) is 23.7 Å². The normalized spacial score (nSPS) is 23.8. The molecule has 0 saturated carbocycles. The summed E-state index contributed by atoms with van der Waals surface area (Å²) in [6.45, 7) is 4.32. The molecular weight excluding hydrogens is 312 g/mol. The van der Waals surface area contributed by atoms with E-state index in [1.807, 2.05) is 25.1 Å². The lowest BCUT2D eigenvalue weighted by Gasteiger charge is -2.25. The van der Waals surface area contributed by atoms with Gasteiger partial charge >= 0.3 is 0 Å². The monoisotopic (exact) mass is 332 g/mol. The van der Waals surface area contributed by atoms with Crippen LogP contribution < -0.4 is 10.0 Å². The number of hydrogen-bond acceptors (Lipinski definition) is 4. The van der Waals surface area contributed by atoms with Crippen LogP contribution >= 0.6 is 11.6 Å². The molecule has 0 unspecified atom stereocenters. The largest absolute Gasteiger partial charge is 0.372 e. The first-order valence-electron chi connectivity index (χ1n) is 6.90. The first kappa shape index (κ1) is 16.7. The van der Waals surface area contributed by atoms with Gasteiger partial charge in [0.1, 0.15) is 0 Å². The summed E-state index contributed by atoms with van der Waals surface area (Å²) in [7, 11) is -3.22. The third-order valence-electron chi connectivity index (χ3n) is 3.54. The van der Waals surface area contributed by atoms with Crippen LogP contribution in [0.25, 0.3) is 0 Å². The van der Waals surface area contributed by atoms with E-state index in [9.17, 15) is 8.42 Å². The van der Waals surface area contributed by atoms with Gasteiger partial charge in [0.05, 0.1) is 19.0 Å². The second kappa shape index (κ2) is 7.07. The summed E-state index contributed by atoms with van der Waals surface area (Å²) >= 11 is 6.19. The molecule has 5 nitrogen and oxygen atoms in total. The van der Waals surface area contributed by atoms with E-state index in [1.165, 1.54) is 0 Å². The van der Waals surface area contributed by atoms with Crippen molar-refractivity contribution >= 4 is 21.6 Å². The maximum absolute atomic E-state index is 11.3. The average Bonchev–Trinajstić information content (AvgIpc) is 2.64. The van der Waals surface area contributed by atoms with E-state index in [0.29, 0.717) is 24.7 Å². The van der Waals surface area contributed by atoms with Gasteiger partial charge in [0.2, 0.25) is 10.0 Å². The van der Waals surface area contributed by atoms with Crippen LogP contribution in [0.5, 0.6) is 0 Å². The van der Waals surface area contributed by atoms with Crippen LogP contribution in [0, 0.1) is 12.8 Å². The van der Waals surface area contributed by atoms with E-state index in [4.69, 9.17) is 16.3 Å². The molecule has 0 spiro atoms. The summed E-state index contributed by atoms with van der Waals surface area (Å²) in [4.78, 5) is 0. The zero-order valence-electron chi connectivity index (χ0n) is 12.2. The molecular formula is C14H21ClN2O3S. The molecule has 0 bridgehead atoms. The minimum atomic E-state index is -3.22. The molecule has 2 N–H and O–H groups in total.